The molecule has 0 bridgehead atoms. The number of ether oxygens (including phenoxy) is 3. The van der Waals surface area contributed by atoms with Crippen molar-refractivity contribution in [2.75, 3.05) is 39.7 Å². The predicted molar refractivity (Wildman–Crippen MR) is 135 cm³/mol. The van der Waals surface area contributed by atoms with Crippen LogP contribution in [0, 0.1) is 22.7 Å². The van der Waals surface area contributed by atoms with Gasteiger partial charge in [0.15, 0.2) is 23.1 Å². The molecule has 2 aromatic carbocycles. The number of H-pyrrole nitrogens is 1. The highest BCUT2D eigenvalue weighted by atomic mass is 16.5. The number of carbonyl (C=O) groups is 3. The second-order valence-corrected chi connectivity index (χ2v) is 7.78. The number of nitrogens with one attached hydrogen (secondary N) is 5. The van der Waals surface area contributed by atoms with Gasteiger partial charge in [0.05, 0.1) is 39.6 Å². The van der Waals surface area contributed by atoms with Gasteiger partial charge >= 0.3 is 11.9 Å². The third kappa shape index (κ3) is 5.52. The average Bonchev–Trinajstić information content (AvgIpc) is 3.37. The second kappa shape index (κ2) is 12.0. The average molecular weight is 520 g/mol. The van der Waals surface area contributed by atoms with Crippen LogP contribution in [0.1, 0.15) is 5.56 Å². The van der Waals surface area contributed by atoms with Gasteiger partial charge in [0.25, 0.3) is 5.91 Å². The fraction of sp³-hybridized carbons (Fsp3) is 0.240. The summed E-state index contributed by atoms with van der Waals surface area (Å²) in [6.45, 7) is -0.869. The molecule has 4 amide bonds. The minimum absolute atomic E-state index is 0.239. The summed E-state index contributed by atoms with van der Waals surface area (Å²) < 4.78 is 15.9. The molecule has 1 heterocycles. The van der Waals surface area contributed by atoms with Crippen LogP contribution in [0.4, 0.5) is 10.5 Å². The first-order valence-corrected chi connectivity index (χ1v) is 11.1. The van der Waals surface area contributed by atoms with Crippen molar-refractivity contribution in [3.8, 4) is 29.4 Å². The Morgan fingerprint density at radius 2 is 1.68 bits per heavy atom. The lowest BCUT2D eigenvalue weighted by Crippen LogP contribution is -2.62. The van der Waals surface area contributed by atoms with E-state index in [1.165, 1.54) is 45.7 Å². The molecule has 196 valence electrons. The molecular formula is C25H25N7O6. The molecule has 0 radical (unpaired) electrons. The Hall–Kier alpha value is -5.43. The molecule has 0 aliphatic carbocycles. The number of aromatic amines is 1. The Morgan fingerprint density at radius 3 is 2.29 bits per heavy atom. The summed E-state index contributed by atoms with van der Waals surface area (Å²) in [5.41, 5.74) is -0.753. The molecule has 0 aliphatic heterocycles. The van der Waals surface area contributed by atoms with Crippen molar-refractivity contribution in [1.82, 2.24) is 20.9 Å². The van der Waals surface area contributed by atoms with Crippen molar-refractivity contribution in [2.24, 2.45) is 0 Å². The van der Waals surface area contributed by atoms with Gasteiger partial charge in [-0.25, -0.2) is 4.79 Å². The lowest BCUT2D eigenvalue weighted by molar-refractivity contribution is -0.127. The number of anilines is 1. The number of methoxy groups -OCH3 is 3. The summed E-state index contributed by atoms with van der Waals surface area (Å²) in [6, 6.07) is 12.4. The Labute approximate surface area is 217 Å². The Kier molecular flexibility index (Phi) is 8.58. The monoisotopic (exact) mass is 519 g/mol. The number of rotatable bonds is 10. The van der Waals surface area contributed by atoms with Crippen LogP contribution in [0.2, 0.25) is 0 Å². The van der Waals surface area contributed by atoms with E-state index in [1.807, 2.05) is 6.07 Å². The summed E-state index contributed by atoms with van der Waals surface area (Å²) in [7, 11) is 4.27. The molecular weight excluding hydrogens is 494 g/mol. The number of aromatic nitrogens is 1. The molecule has 0 spiro atoms. The molecule has 38 heavy (non-hydrogen) atoms. The van der Waals surface area contributed by atoms with Gasteiger partial charge in [-0.3, -0.25) is 9.59 Å². The quantitative estimate of drug-likeness (QED) is 0.196. The summed E-state index contributed by atoms with van der Waals surface area (Å²) >= 11 is 0. The third-order valence-electron chi connectivity index (χ3n) is 5.63. The van der Waals surface area contributed by atoms with E-state index in [0.29, 0.717) is 22.2 Å². The number of hydrogen-bond acceptors (Lipinski definition) is 8. The summed E-state index contributed by atoms with van der Waals surface area (Å²) in [5, 5.41) is 28.6. The van der Waals surface area contributed by atoms with Crippen LogP contribution in [0.25, 0.3) is 10.9 Å². The van der Waals surface area contributed by atoms with Crippen LogP contribution in [0.15, 0.2) is 42.6 Å². The molecule has 0 saturated carbocycles. The fourth-order valence-corrected chi connectivity index (χ4v) is 3.92. The fourth-order valence-electron chi connectivity index (χ4n) is 3.92. The Morgan fingerprint density at radius 1 is 1.00 bits per heavy atom. The van der Waals surface area contributed by atoms with Crippen molar-refractivity contribution in [1.29, 1.82) is 10.5 Å². The van der Waals surface area contributed by atoms with Gasteiger partial charge in [0, 0.05) is 34.8 Å². The maximum Gasteiger partial charge on any atom is 0.322 e. The van der Waals surface area contributed by atoms with Gasteiger partial charge in [0.2, 0.25) is 5.75 Å². The molecule has 13 heteroatoms. The van der Waals surface area contributed by atoms with Gasteiger partial charge in [-0.1, -0.05) is 18.2 Å². The topological polar surface area (TPSA) is 190 Å². The van der Waals surface area contributed by atoms with E-state index < -0.39 is 29.9 Å². The molecule has 1 aromatic heterocycles. The minimum Gasteiger partial charge on any atom is -0.493 e. The zero-order valence-corrected chi connectivity index (χ0v) is 20.8. The largest absolute Gasteiger partial charge is 0.493 e. The molecule has 1 atom stereocenters. The first kappa shape index (κ1) is 27.2. The van der Waals surface area contributed by atoms with E-state index in [0.717, 1.165) is 0 Å². The number of fused-ring (bicyclic) bond motifs is 1. The van der Waals surface area contributed by atoms with E-state index in [1.54, 1.807) is 24.3 Å². The van der Waals surface area contributed by atoms with Crippen molar-refractivity contribution >= 4 is 34.4 Å². The van der Waals surface area contributed by atoms with Crippen molar-refractivity contribution in [3.63, 3.8) is 0 Å². The highest BCUT2D eigenvalue weighted by molar-refractivity contribution is 6.01. The summed E-state index contributed by atoms with van der Waals surface area (Å²) in [4.78, 5) is 41.8. The van der Waals surface area contributed by atoms with Gasteiger partial charge in [-0.2, -0.15) is 10.5 Å². The number of urea groups is 1. The molecule has 1 unspecified atom stereocenters. The molecule has 0 fully saturated rings. The van der Waals surface area contributed by atoms with Crippen molar-refractivity contribution in [2.45, 2.75) is 5.54 Å². The molecule has 0 aliphatic rings. The number of amides is 4. The highest BCUT2D eigenvalue weighted by Gasteiger charge is 2.44. The summed E-state index contributed by atoms with van der Waals surface area (Å²) in [5.74, 6) is -0.948. The normalized spacial score (nSPS) is 11.7. The van der Waals surface area contributed by atoms with Gasteiger partial charge < -0.3 is 40.5 Å². The summed E-state index contributed by atoms with van der Waals surface area (Å²) in [6.07, 6.45) is 1.51. The first-order chi connectivity index (χ1) is 18.3. The number of benzene rings is 2. The van der Waals surface area contributed by atoms with E-state index in [-0.39, 0.29) is 23.7 Å². The SMILES string of the molecule is COc1cc(NC(=O)NC(CNC(=O)C#N)(C(=O)NCC#N)c2c[nH]c3ccccc23)cc(OC)c1OC. The number of nitrogens with zero attached hydrogens (tertiary/aromatic N) is 2. The number of nitriles is 2. The molecule has 0 saturated heterocycles. The van der Waals surface area contributed by atoms with E-state index in [9.17, 15) is 14.4 Å². The predicted octanol–water partition coefficient (Wildman–Crippen LogP) is 1.49. The first-order valence-electron chi connectivity index (χ1n) is 11.1. The Balaban J connectivity index is 2.08. The van der Waals surface area contributed by atoms with E-state index in [4.69, 9.17) is 24.7 Å². The number of para-hydroxylation sites is 1. The lowest BCUT2D eigenvalue weighted by Gasteiger charge is -2.33. The van der Waals surface area contributed by atoms with Crippen LogP contribution in [0.5, 0.6) is 17.2 Å². The molecule has 3 rings (SSSR count). The number of carbonyl (C=O) groups excluding carboxylic acids is 3. The standard InChI is InChI=1S/C25H25N7O6/c1-36-19-10-15(11-20(37-2)22(19)38-3)31-24(35)32-25(14-30-21(33)12-27,23(34)28-9-8-26)17-13-29-18-7-5-4-6-16(17)18/h4-7,10-11,13,29H,9,14H2,1-3H3,(H,28,34)(H,30,33)(H2,31,32,35). The van der Waals surface area contributed by atoms with Gasteiger partial charge in [0.1, 0.15) is 6.54 Å². The van der Waals surface area contributed by atoms with Gasteiger partial charge in [-0.15, -0.1) is 0 Å². The maximum absolute atomic E-state index is 13.5. The van der Waals surface area contributed by atoms with E-state index in [2.05, 4.69) is 26.3 Å². The molecule has 5 N–H and O–H groups in total. The van der Waals surface area contributed by atoms with E-state index >= 15 is 0 Å². The Bertz CT molecular complexity index is 1410. The molecule has 13 nitrogen and oxygen atoms in total. The lowest BCUT2D eigenvalue weighted by atomic mass is 9.88. The number of hydrogen-bond donors (Lipinski definition) is 5. The van der Waals surface area contributed by atoms with Crippen molar-refractivity contribution in [3.05, 3.63) is 48.2 Å². The maximum atomic E-state index is 13.5. The zero-order chi connectivity index (χ0) is 27.7. The molecule has 3 aromatic rings. The third-order valence-corrected chi connectivity index (χ3v) is 5.63. The highest BCUT2D eigenvalue weighted by Crippen LogP contribution is 2.40. The smallest absolute Gasteiger partial charge is 0.322 e. The van der Waals surface area contributed by atoms with Crippen LogP contribution < -0.4 is 35.5 Å². The minimum atomic E-state index is -1.94. The van der Waals surface area contributed by atoms with Crippen LogP contribution in [-0.2, 0) is 15.1 Å². The van der Waals surface area contributed by atoms with Gasteiger partial charge in [-0.05, 0) is 6.07 Å². The van der Waals surface area contributed by atoms with Crippen LogP contribution in [0.3, 0.4) is 0 Å². The van der Waals surface area contributed by atoms with Crippen LogP contribution >= 0.6 is 0 Å². The van der Waals surface area contributed by atoms with Crippen molar-refractivity contribution < 1.29 is 28.6 Å². The second-order valence-electron chi connectivity index (χ2n) is 7.78. The zero-order valence-electron chi connectivity index (χ0n) is 20.8. The van der Waals surface area contributed by atoms with Crippen LogP contribution in [-0.4, -0.2) is 57.2 Å².